The molecule has 1 aromatic heterocycles. The zero-order valence-electron chi connectivity index (χ0n) is 18.8. The van der Waals surface area contributed by atoms with Crippen LogP contribution in [-0.4, -0.2) is 27.2 Å². The predicted molar refractivity (Wildman–Crippen MR) is 130 cm³/mol. The van der Waals surface area contributed by atoms with Gasteiger partial charge in [-0.05, 0) is 86.4 Å². The van der Waals surface area contributed by atoms with Gasteiger partial charge in [-0.3, -0.25) is 0 Å². The standard InChI is InChI=1S/C27H24N4O/c1-12-8-18-10-22-15(4)25-26(31-22)24(16(5)27(25)32)19-7-6-17(28-19)9-21-13(2)14(3)23(30-21)11-20(12)29-18/h6-11,16,29,32H,1-5H3/t16-/m1/s1. The minimum atomic E-state index is -0.136. The van der Waals surface area contributed by atoms with Gasteiger partial charge in [-0.1, -0.05) is 6.92 Å². The summed E-state index contributed by atoms with van der Waals surface area (Å²) in [5.74, 6) is 0.239. The Kier molecular flexibility index (Phi) is 3.79. The van der Waals surface area contributed by atoms with E-state index in [-0.39, 0.29) is 5.92 Å². The second-order valence-corrected chi connectivity index (χ2v) is 9.01. The maximum atomic E-state index is 11.0. The third-order valence-corrected chi connectivity index (χ3v) is 7.03. The highest BCUT2D eigenvalue weighted by molar-refractivity contribution is 6.24. The van der Waals surface area contributed by atoms with Crippen LogP contribution in [0.4, 0.5) is 0 Å². The molecule has 1 aromatic rings. The molecule has 5 heterocycles. The van der Waals surface area contributed by atoms with Crippen molar-refractivity contribution in [3.63, 3.8) is 0 Å². The number of fused-ring (bicyclic) bond motifs is 5. The zero-order valence-corrected chi connectivity index (χ0v) is 18.8. The third kappa shape index (κ3) is 2.54. The van der Waals surface area contributed by atoms with Gasteiger partial charge in [0, 0.05) is 27.8 Å². The lowest BCUT2D eigenvalue weighted by Crippen LogP contribution is -2.13. The number of aliphatic hydroxyl groups is 1. The van der Waals surface area contributed by atoms with Crippen molar-refractivity contribution in [2.24, 2.45) is 20.9 Å². The van der Waals surface area contributed by atoms with Crippen LogP contribution in [0.15, 0.2) is 90.0 Å². The number of aliphatic hydroxyl groups excluding tert-OH is 1. The van der Waals surface area contributed by atoms with Crippen molar-refractivity contribution in [2.45, 2.75) is 34.6 Å². The van der Waals surface area contributed by atoms with Crippen LogP contribution in [0.5, 0.6) is 0 Å². The Morgan fingerprint density at radius 1 is 0.875 bits per heavy atom. The number of aromatic amines is 1. The van der Waals surface area contributed by atoms with Crippen LogP contribution in [0, 0.1) is 12.8 Å². The monoisotopic (exact) mass is 420 g/mol. The SMILES string of the molecule is CC1=C2C=c3cc(C)c([nH]3)=CC3=NC(=CC4=NC(=C5C(=N2)C1=C(O)[C@@H]5C)C=C4)C(C)=C3C. The van der Waals surface area contributed by atoms with Crippen molar-refractivity contribution in [3.05, 3.63) is 91.3 Å². The summed E-state index contributed by atoms with van der Waals surface area (Å²) < 4.78 is 0. The molecule has 5 aliphatic rings. The molecule has 1 aliphatic carbocycles. The average Bonchev–Trinajstić information content (AvgIpc) is 3.52. The lowest BCUT2D eigenvalue weighted by Gasteiger charge is -2.08. The van der Waals surface area contributed by atoms with Crippen LogP contribution >= 0.6 is 0 Å². The predicted octanol–water partition coefficient (Wildman–Crippen LogP) is 4.03. The maximum absolute atomic E-state index is 11.0. The average molecular weight is 421 g/mol. The van der Waals surface area contributed by atoms with Gasteiger partial charge in [0.1, 0.15) is 5.76 Å². The van der Waals surface area contributed by atoms with Gasteiger partial charge in [-0.25, -0.2) is 15.0 Å². The molecule has 0 fully saturated rings. The summed E-state index contributed by atoms with van der Waals surface area (Å²) in [6.07, 6.45) is 10.2. The summed E-state index contributed by atoms with van der Waals surface area (Å²) in [6.45, 7) is 10.4. The third-order valence-electron chi connectivity index (χ3n) is 7.03. The van der Waals surface area contributed by atoms with E-state index in [2.05, 4.69) is 44.0 Å². The Morgan fingerprint density at radius 3 is 2.50 bits per heavy atom. The molecule has 6 rings (SSSR count). The molecule has 158 valence electrons. The van der Waals surface area contributed by atoms with Crippen LogP contribution in [0.3, 0.4) is 0 Å². The van der Waals surface area contributed by atoms with Crippen molar-refractivity contribution in [1.29, 1.82) is 0 Å². The highest BCUT2D eigenvalue weighted by atomic mass is 16.3. The smallest absolute Gasteiger partial charge is 0.109 e. The van der Waals surface area contributed by atoms with E-state index in [1.807, 2.05) is 32.1 Å². The van der Waals surface area contributed by atoms with Crippen LogP contribution < -0.4 is 10.7 Å². The number of aryl methyl sites for hydroxylation is 1. The van der Waals surface area contributed by atoms with Gasteiger partial charge < -0.3 is 10.1 Å². The molecule has 8 bridgehead atoms. The van der Waals surface area contributed by atoms with E-state index in [9.17, 15) is 5.11 Å². The number of rotatable bonds is 0. The topological polar surface area (TPSA) is 73.1 Å². The van der Waals surface area contributed by atoms with Gasteiger partial charge in [0.05, 0.1) is 34.2 Å². The van der Waals surface area contributed by atoms with Crippen molar-refractivity contribution < 1.29 is 5.11 Å². The first-order valence-electron chi connectivity index (χ1n) is 10.9. The van der Waals surface area contributed by atoms with E-state index in [1.165, 1.54) is 5.57 Å². The molecule has 0 saturated heterocycles. The molecule has 1 atom stereocenters. The molecule has 2 N–H and O–H groups in total. The number of allylic oxidation sites excluding steroid dienone is 9. The number of nitrogens with zero attached hydrogens (tertiary/aromatic N) is 3. The summed E-state index contributed by atoms with van der Waals surface area (Å²) in [7, 11) is 0. The summed E-state index contributed by atoms with van der Waals surface area (Å²) in [6, 6.07) is 2.13. The molecule has 0 unspecified atom stereocenters. The molecule has 32 heavy (non-hydrogen) atoms. The maximum Gasteiger partial charge on any atom is 0.109 e. The first-order chi connectivity index (χ1) is 15.3. The number of nitrogens with one attached hydrogen (secondary N) is 1. The first kappa shape index (κ1) is 19.0. The van der Waals surface area contributed by atoms with Crippen LogP contribution in [-0.2, 0) is 0 Å². The summed E-state index contributed by atoms with van der Waals surface area (Å²) in [4.78, 5) is 18.3. The molecular formula is C27H24N4O. The van der Waals surface area contributed by atoms with Crippen LogP contribution in [0.1, 0.15) is 33.3 Å². The number of H-pyrrole nitrogens is 1. The largest absolute Gasteiger partial charge is 0.511 e. The second-order valence-electron chi connectivity index (χ2n) is 9.01. The molecule has 4 aliphatic heterocycles. The van der Waals surface area contributed by atoms with Gasteiger partial charge >= 0.3 is 0 Å². The lowest BCUT2D eigenvalue weighted by molar-refractivity contribution is 0.364. The molecule has 5 nitrogen and oxygen atoms in total. The fraction of sp³-hybridized carbons (Fsp3) is 0.222. The molecular weight excluding hydrogens is 396 g/mol. The quantitative estimate of drug-likeness (QED) is 0.654. The molecule has 0 spiro atoms. The Bertz CT molecular complexity index is 1550. The fourth-order valence-corrected chi connectivity index (χ4v) is 4.94. The van der Waals surface area contributed by atoms with Crippen molar-refractivity contribution >= 4 is 29.3 Å². The number of hydrogen-bond acceptors (Lipinski definition) is 4. The van der Waals surface area contributed by atoms with Gasteiger partial charge in [-0.2, -0.15) is 0 Å². The molecule has 0 radical (unpaired) electrons. The molecule has 0 amide bonds. The van der Waals surface area contributed by atoms with Crippen molar-refractivity contribution in [3.8, 4) is 0 Å². The normalized spacial score (nSPS) is 23.6. The van der Waals surface area contributed by atoms with Crippen molar-refractivity contribution in [1.82, 2.24) is 4.98 Å². The number of aromatic nitrogens is 1. The highest BCUT2D eigenvalue weighted by Gasteiger charge is 2.39. The molecule has 5 heteroatoms. The molecule has 0 saturated carbocycles. The van der Waals surface area contributed by atoms with E-state index in [0.29, 0.717) is 5.76 Å². The summed E-state index contributed by atoms with van der Waals surface area (Å²) >= 11 is 0. The summed E-state index contributed by atoms with van der Waals surface area (Å²) in [5, 5.41) is 13.0. The molecule has 0 aromatic carbocycles. The van der Waals surface area contributed by atoms with E-state index in [1.54, 1.807) is 0 Å². The zero-order chi connectivity index (χ0) is 22.3. The number of aliphatic imine (C=N–C) groups is 3. The Hall–Kier alpha value is -3.73. The Morgan fingerprint density at radius 2 is 1.69 bits per heavy atom. The van der Waals surface area contributed by atoms with Gasteiger partial charge in [0.2, 0.25) is 0 Å². The van der Waals surface area contributed by atoms with Gasteiger partial charge in [0.25, 0.3) is 0 Å². The van der Waals surface area contributed by atoms with E-state index < -0.39 is 0 Å². The van der Waals surface area contributed by atoms with E-state index in [0.717, 1.165) is 72.8 Å². The fourth-order valence-electron chi connectivity index (χ4n) is 4.94. The Labute approximate surface area is 186 Å². The highest BCUT2D eigenvalue weighted by Crippen LogP contribution is 2.44. The second kappa shape index (κ2) is 6.39. The Balaban J connectivity index is 1.68. The summed E-state index contributed by atoms with van der Waals surface area (Å²) in [5.41, 5.74) is 11.6. The number of hydrogen-bond donors (Lipinski definition) is 2. The van der Waals surface area contributed by atoms with Crippen LogP contribution in [0.25, 0.3) is 12.2 Å². The minimum Gasteiger partial charge on any atom is -0.511 e. The van der Waals surface area contributed by atoms with Gasteiger partial charge in [-0.15, -0.1) is 0 Å². The van der Waals surface area contributed by atoms with Gasteiger partial charge in [0.15, 0.2) is 0 Å². The van der Waals surface area contributed by atoms with E-state index >= 15 is 0 Å². The van der Waals surface area contributed by atoms with Crippen LogP contribution in [0.2, 0.25) is 0 Å². The van der Waals surface area contributed by atoms with E-state index in [4.69, 9.17) is 15.0 Å². The van der Waals surface area contributed by atoms with Crippen molar-refractivity contribution in [2.75, 3.05) is 0 Å². The lowest BCUT2D eigenvalue weighted by atomic mass is 10.00. The first-order valence-corrected chi connectivity index (χ1v) is 10.9. The minimum absolute atomic E-state index is 0.136.